The third-order valence-electron chi connectivity index (χ3n) is 4.32. The molecular formula is C22H20N4OS. The van der Waals surface area contributed by atoms with Crippen LogP contribution in [0.1, 0.15) is 11.1 Å². The number of aromatic nitrogens is 3. The Kier molecular flexibility index (Phi) is 5.49. The number of ether oxygens (including phenoxy) is 1. The van der Waals surface area contributed by atoms with Crippen LogP contribution in [-0.2, 0) is 13.2 Å². The maximum atomic E-state index is 5.84. The van der Waals surface area contributed by atoms with Crippen LogP contribution in [0.15, 0.2) is 84.9 Å². The Morgan fingerprint density at radius 1 is 0.857 bits per heavy atom. The molecule has 5 nitrogen and oxygen atoms in total. The summed E-state index contributed by atoms with van der Waals surface area (Å²) in [5.41, 5.74) is 6.59. The van der Waals surface area contributed by atoms with Gasteiger partial charge in [-0.25, -0.2) is 9.77 Å². The van der Waals surface area contributed by atoms with E-state index in [0.717, 1.165) is 28.3 Å². The second kappa shape index (κ2) is 8.54. The lowest BCUT2D eigenvalue weighted by Gasteiger charge is -2.11. The first kappa shape index (κ1) is 18.0. The van der Waals surface area contributed by atoms with Gasteiger partial charge in [-0.3, -0.25) is 0 Å². The molecular weight excluding hydrogens is 368 g/mol. The van der Waals surface area contributed by atoms with Gasteiger partial charge in [0.25, 0.3) is 0 Å². The minimum atomic E-state index is 0.529. The number of aromatic amines is 1. The molecule has 0 bridgehead atoms. The van der Waals surface area contributed by atoms with Crippen LogP contribution in [0, 0.1) is 4.77 Å². The number of hydrogen-bond acceptors (Lipinski definition) is 4. The molecule has 4 rings (SSSR count). The normalized spacial score (nSPS) is 10.6. The fourth-order valence-electron chi connectivity index (χ4n) is 2.84. The Morgan fingerprint density at radius 3 is 2.25 bits per heavy atom. The van der Waals surface area contributed by atoms with Crippen molar-refractivity contribution in [2.45, 2.75) is 13.2 Å². The highest BCUT2D eigenvalue weighted by atomic mass is 32.1. The minimum absolute atomic E-state index is 0.529. The highest BCUT2D eigenvalue weighted by molar-refractivity contribution is 7.71. The molecule has 0 unspecified atom stereocenters. The molecule has 2 N–H and O–H groups in total. The Balaban J connectivity index is 1.39. The summed E-state index contributed by atoms with van der Waals surface area (Å²) in [6.45, 7) is 1.18. The molecule has 140 valence electrons. The second-order valence-electron chi connectivity index (χ2n) is 6.31. The molecule has 0 aliphatic heterocycles. The van der Waals surface area contributed by atoms with Crippen LogP contribution >= 0.6 is 12.2 Å². The predicted octanol–water partition coefficient (Wildman–Crippen LogP) is 4.93. The van der Waals surface area contributed by atoms with Crippen molar-refractivity contribution in [1.82, 2.24) is 14.9 Å². The van der Waals surface area contributed by atoms with Gasteiger partial charge >= 0.3 is 0 Å². The molecule has 6 heteroatoms. The fourth-order valence-corrected chi connectivity index (χ4v) is 3.04. The lowest BCUT2D eigenvalue weighted by Crippen LogP contribution is -2.15. The van der Waals surface area contributed by atoms with Crippen LogP contribution in [0.2, 0.25) is 0 Å². The first-order valence-corrected chi connectivity index (χ1v) is 9.43. The summed E-state index contributed by atoms with van der Waals surface area (Å²) in [6.07, 6.45) is 0. The molecule has 0 aliphatic rings. The van der Waals surface area contributed by atoms with Crippen molar-refractivity contribution in [2.24, 2.45) is 0 Å². The summed E-state index contributed by atoms with van der Waals surface area (Å²) >= 11 is 5.35. The minimum Gasteiger partial charge on any atom is -0.489 e. The van der Waals surface area contributed by atoms with E-state index >= 15 is 0 Å². The average molecular weight is 388 g/mol. The lowest BCUT2D eigenvalue weighted by atomic mass is 10.2. The van der Waals surface area contributed by atoms with E-state index in [-0.39, 0.29) is 0 Å². The van der Waals surface area contributed by atoms with Crippen LogP contribution in [0.5, 0.6) is 5.75 Å². The zero-order chi connectivity index (χ0) is 19.2. The van der Waals surface area contributed by atoms with Crippen LogP contribution in [-0.4, -0.2) is 14.9 Å². The smallest absolute Gasteiger partial charge is 0.214 e. The summed E-state index contributed by atoms with van der Waals surface area (Å²) < 4.78 is 8.16. The van der Waals surface area contributed by atoms with Crippen LogP contribution in [0.4, 0.5) is 0 Å². The maximum absolute atomic E-state index is 5.84. The van der Waals surface area contributed by atoms with Crippen molar-refractivity contribution in [3.8, 4) is 17.1 Å². The molecule has 0 saturated carbocycles. The summed E-state index contributed by atoms with van der Waals surface area (Å²) in [4.78, 5) is 0. The Morgan fingerprint density at radius 2 is 1.54 bits per heavy atom. The van der Waals surface area contributed by atoms with Crippen LogP contribution in [0.25, 0.3) is 11.4 Å². The molecule has 0 radical (unpaired) electrons. The lowest BCUT2D eigenvalue weighted by molar-refractivity contribution is 0.306. The molecule has 0 aliphatic carbocycles. The van der Waals surface area contributed by atoms with E-state index in [9.17, 15) is 0 Å². The van der Waals surface area contributed by atoms with E-state index in [1.54, 1.807) is 4.68 Å². The van der Waals surface area contributed by atoms with E-state index in [1.807, 2.05) is 72.8 Å². The van der Waals surface area contributed by atoms with Crippen LogP contribution < -0.4 is 10.2 Å². The standard InChI is InChI=1S/C22H20N4OS/c28-22-25-24-21(19-9-5-2-6-10-19)26(22)23-15-17-11-13-20(14-12-17)27-16-18-7-3-1-4-8-18/h1-14,23H,15-16H2,(H,25,28). The molecule has 3 aromatic carbocycles. The third-order valence-corrected chi connectivity index (χ3v) is 4.59. The van der Waals surface area contributed by atoms with E-state index in [0.29, 0.717) is 17.9 Å². The number of rotatable bonds is 7. The van der Waals surface area contributed by atoms with Crippen molar-refractivity contribution >= 4 is 12.2 Å². The van der Waals surface area contributed by atoms with Gasteiger partial charge in [0.15, 0.2) is 5.82 Å². The average Bonchev–Trinajstić information content (AvgIpc) is 3.13. The topological polar surface area (TPSA) is 54.9 Å². The summed E-state index contributed by atoms with van der Waals surface area (Å²) in [6, 6.07) is 28.1. The molecule has 1 heterocycles. The quantitative estimate of drug-likeness (QED) is 0.441. The summed E-state index contributed by atoms with van der Waals surface area (Å²) in [5.74, 6) is 1.60. The number of benzene rings is 3. The van der Waals surface area contributed by atoms with E-state index < -0.39 is 0 Å². The van der Waals surface area contributed by atoms with E-state index in [1.165, 1.54) is 0 Å². The molecule has 0 amide bonds. The second-order valence-corrected chi connectivity index (χ2v) is 6.69. The molecule has 4 aromatic rings. The van der Waals surface area contributed by atoms with Crippen molar-refractivity contribution in [2.75, 3.05) is 5.43 Å². The number of hydrogen-bond donors (Lipinski definition) is 2. The zero-order valence-corrected chi connectivity index (χ0v) is 16.0. The molecule has 28 heavy (non-hydrogen) atoms. The van der Waals surface area contributed by atoms with Gasteiger partial charge in [0, 0.05) is 5.56 Å². The van der Waals surface area contributed by atoms with Crippen molar-refractivity contribution in [3.63, 3.8) is 0 Å². The first-order valence-electron chi connectivity index (χ1n) is 9.02. The number of nitrogens with zero attached hydrogens (tertiary/aromatic N) is 2. The van der Waals surface area contributed by atoms with E-state index in [2.05, 4.69) is 27.8 Å². The third kappa shape index (κ3) is 4.29. The molecule has 1 aromatic heterocycles. The van der Waals surface area contributed by atoms with Gasteiger partial charge in [0.2, 0.25) is 4.77 Å². The van der Waals surface area contributed by atoms with Crippen molar-refractivity contribution in [1.29, 1.82) is 0 Å². The predicted molar refractivity (Wildman–Crippen MR) is 113 cm³/mol. The van der Waals surface area contributed by atoms with Gasteiger partial charge in [0.1, 0.15) is 12.4 Å². The number of nitrogens with one attached hydrogen (secondary N) is 2. The first-order chi connectivity index (χ1) is 13.8. The van der Waals surface area contributed by atoms with Gasteiger partial charge < -0.3 is 10.2 Å². The Bertz CT molecular complexity index is 1070. The molecule has 0 saturated heterocycles. The van der Waals surface area contributed by atoms with Gasteiger partial charge in [-0.2, -0.15) is 5.10 Å². The van der Waals surface area contributed by atoms with Crippen LogP contribution in [0.3, 0.4) is 0 Å². The zero-order valence-electron chi connectivity index (χ0n) is 15.2. The Labute approximate surface area is 168 Å². The van der Waals surface area contributed by atoms with E-state index in [4.69, 9.17) is 17.0 Å². The highest BCUT2D eigenvalue weighted by Crippen LogP contribution is 2.17. The van der Waals surface area contributed by atoms with Gasteiger partial charge in [-0.15, -0.1) is 0 Å². The number of H-pyrrole nitrogens is 1. The maximum Gasteiger partial charge on any atom is 0.214 e. The van der Waals surface area contributed by atoms with Crippen molar-refractivity contribution in [3.05, 3.63) is 101 Å². The Hall–Kier alpha value is -3.38. The SMILES string of the molecule is S=c1[nH]nc(-c2ccccc2)n1NCc1ccc(OCc2ccccc2)cc1. The summed E-state index contributed by atoms with van der Waals surface area (Å²) in [5, 5.41) is 7.18. The van der Waals surface area contributed by atoms with Gasteiger partial charge in [0.05, 0.1) is 6.54 Å². The monoisotopic (exact) mass is 388 g/mol. The van der Waals surface area contributed by atoms with Gasteiger partial charge in [-0.05, 0) is 35.5 Å². The molecule has 0 fully saturated rings. The largest absolute Gasteiger partial charge is 0.489 e. The van der Waals surface area contributed by atoms with Gasteiger partial charge in [-0.1, -0.05) is 72.8 Å². The fraction of sp³-hybridized carbons (Fsp3) is 0.0909. The molecule has 0 atom stereocenters. The van der Waals surface area contributed by atoms with Crippen molar-refractivity contribution < 1.29 is 4.74 Å². The summed E-state index contributed by atoms with van der Waals surface area (Å²) in [7, 11) is 0. The molecule has 0 spiro atoms. The highest BCUT2D eigenvalue weighted by Gasteiger charge is 2.08.